The maximum absolute atomic E-state index is 12.6. The van der Waals surface area contributed by atoms with Crippen molar-refractivity contribution in [3.8, 4) is 0 Å². The maximum Gasteiger partial charge on any atom is 0.416 e. The van der Waals surface area contributed by atoms with E-state index < -0.39 is 11.7 Å². The van der Waals surface area contributed by atoms with Crippen LogP contribution < -0.4 is 10.6 Å². The number of nitrogen functional groups attached to an aromatic ring is 1. The third-order valence-electron chi connectivity index (χ3n) is 2.56. The number of nitrogens with two attached hydrogens (primary N) is 1. The SMILES string of the molecule is CN(Cc1cccc(C(F)(F)F)c1)c1cnc(N)s1. The van der Waals surface area contributed by atoms with E-state index in [2.05, 4.69) is 4.98 Å². The number of hydrogen-bond donors (Lipinski definition) is 1. The third kappa shape index (κ3) is 3.37. The highest BCUT2D eigenvalue weighted by Crippen LogP contribution is 2.30. The number of benzene rings is 1. The van der Waals surface area contributed by atoms with Crippen molar-refractivity contribution in [3.63, 3.8) is 0 Å². The lowest BCUT2D eigenvalue weighted by Crippen LogP contribution is -2.15. The predicted octanol–water partition coefficient (Wildman–Crippen LogP) is 3.38. The molecule has 0 saturated carbocycles. The van der Waals surface area contributed by atoms with Gasteiger partial charge < -0.3 is 10.6 Å². The van der Waals surface area contributed by atoms with E-state index in [1.54, 1.807) is 19.3 Å². The van der Waals surface area contributed by atoms with Crippen LogP contribution in [0.3, 0.4) is 0 Å². The molecule has 3 nitrogen and oxygen atoms in total. The van der Waals surface area contributed by atoms with E-state index in [1.165, 1.54) is 17.4 Å². The summed E-state index contributed by atoms with van der Waals surface area (Å²) in [6, 6.07) is 5.29. The van der Waals surface area contributed by atoms with Crippen molar-refractivity contribution >= 4 is 21.5 Å². The first-order valence-electron chi connectivity index (χ1n) is 5.45. The van der Waals surface area contributed by atoms with Crippen LogP contribution in [0.5, 0.6) is 0 Å². The first kappa shape index (κ1) is 13.7. The molecule has 0 fully saturated rings. The van der Waals surface area contributed by atoms with Gasteiger partial charge in [0.15, 0.2) is 5.13 Å². The molecule has 1 heterocycles. The number of aromatic nitrogens is 1. The fourth-order valence-corrected chi connectivity index (χ4v) is 2.30. The zero-order valence-corrected chi connectivity index (χ0v) is 10.9. The fourth-order valence-electron chi connectivity index (χ4n) is 1.65. The van der Waals surface area contributed by atoms with Gasteiger partial charge in [-0.15, -0.1) is 0 Å². The van der Waals surface area contributed by atoms with Crippen molar-refractivity contribution in [1.29, 1.82) is 0 Å². The number of anilines is 2. The smallest absolute Gasteiger partial charge is 0.375 e. The molecule has 0 amide bonds. The summed E-state index contributed by atoms with van der Waals surface area (Å²) < 4.78 is 37.8. The summed E-state index contributed by atoms with van der Waals surface area (Å²) in [4.78, 5) is 5.72. The van der Waals surface area contributed by atoms with Crippen LogP contribution in [-0.4, -0.2) is 12.0 Å². The highest BCUT2D eigenvalue weighted by molar-refractivity contribution is 7.19. The molecule has 0 atom stereocenters. The number of alkyl halides is 3. The summed E-state index contributed by atoms with van der Waals surface area (Å²) in [5.74, 6) is 0. The molecule has 2 N–H and O–H groups in total. The Morgan fingerprint density at radius 2 is 2.11 bits per heavy atom. The Labute approximate surface area is 112 Å². The quantitative estimate of drug-likeness (QED) is 0.941. The molecule has 0 radical (unpaired) electrons. The average molecular weight is 287 g/mol. The topological polar surface area (TPSA) is 42.2 Å². The minimum Gasteiger partial charge on any atom is -0.375 e. The lowest BCUT2D eigenvalue weighted by molar-refractivity contribution is -0.137. The van der Waals surface area contributed by atoms with E-state index in [9.17, 15) is 13.2 Å². The number of thiazole rings is 1. The van der Waals surface area contributed by atoms with E-state index in [1.807, 2.05) is 4.90 Å². The number of rotatable bonds is 3. The largest absolute Gasteiger partial charge is 0.416 e. The van der Waals surface area contributed by atoms with Crippen molar-refractivity contribution in [3.05, 3.63) is 41.6 Å². The van der Waals surface area contributed by atoms with E-state index in [0.29, 0.717) is 17.2 Å². The van der Waals surface area contributed by atoms with Gasteiger partial charge in [-0.1, -0.05) is 23.5 Å². The van der Waals surface area contributed by atoms with Crippen LogP contribution in [-0.2, 0) is 12.7 Å². The monoisotopic (exact) mass is 287 g/mol. The molecular formula is C12H12F3N3S. The van der Waals surface area contributed by atoms with Gasteiger partial charge in [0, 0.05) is 13.6 Å². The third-order valence-corrected chi connectivity index (χ3v) is 3.50. The Kier molecular flexibility index (Phi) is 3.66. The minimum atomic E-state index is -4.32. The second-order valence-corrected chi connectivity index (χ2v) is 5.13. The first-order valence-corrected chi connectivity index (χ1v) is 6.26. The van der Waals surface area contributed by atoms with E-state index in [4.69, 9.17) is 5.73 Å². The van der Waals surface area contributed by atoms with Gasteiger partial charge in [-0.3, -0.25) is 0 Å². The summed E-state index contributed by atoms with van der Waals surface area (Å²) in [5.41, 5.74) is 5.47. The standard InChI is InChI=1S/C12H12F3N3S/c1-18(10-6-17-11(16)19-10)7-8-3-2-4-9(5-8)12(13,14)15/h2-6H,7H2,1H3,(H2,16,17). The lowest BCUT2D eigenvalue weighted by atomic mass is 10.1. The minimum absolute atomic E-state index is 0.367. The summed E-state index contributed by atoms with van der Waals surface area (Å²) in [6.07, 6.45) is -2.71. The van der Waals surface area contributed by atoms with Crippen molar-refractivity contribution in [2.45, 2.75) is 12.7 Å². The van der Waals surface area contributed by atoms with Crippen LogP contribution in [0.2, 0.25) is 0 Å². The molecule has 0 spiro atoms. The molecule has 0 unspecified atom stereocenters. The Morgan fingerprint density at radius 3 is 2.68 bits per heavy atom. The van der Waals surface area contributed by atoms with Gasteiger partial charge in [0.2, 0.25) is 0 Å². The van der Waals surface area contributed by atoms with Gasteiger partial charge >= 0.3 is 6.18 Å². The van der Waals surface area contributed by atoms with Crippen molar-refractivity contribution in [1.82, 2.24) is 4.98 Å². The molecule has 0 aliphatic rings. The van der Waals surface area contributed by atoms with Crippen LogP contribution >= 0.6 is 11.3 Å². The van der Waals surface area contributed by atoms with E-state index in [-0.39, 0.29) is 0 Å². The van der Waals surface area contributed by atoms with Crippen molar-refractivity contribution in [2.75, 3.05) is 17.7 Å². The normalized spacial score (nSPS) is 11.6. The molecule has 7 heteroatoms. The van der Waals surface area contributed by atoms with Crippen LogP contribution in [0.25, 0.3) is 0 Å². The van der Waals surface area contributed by atoms with Crippen molar-refractivity contribution in [2.24, 2.45) is 0 Å². The highest BCUT2D eigenvalue weighted by Gasteiger charge is 2.30. The van der Waals surface area contributed by atoms with Gasteiger partial charge in [0.05, 0.1) is 11.8 Å². The molecule has 2 aromatic rings. The molecule has 2 rings (SSSR count). The van der Waals surface area contributed by atoms with Crippen molar-refractivity contribution < 1.29 is 13.2 Å². The zero-order chi connectivity index (χ0) is 14.0. The van der Waals surface area contributed by atoms with Gasteiger partial charge in [-0.2, -0.15) is 13.2 Å². The average Bonchev–Trinajstić information content (AvgIpc) is 2.75. The molecular weight excluding hydrogens is 275 g/mol. The molecule has 0 bridgehead atoms. The zero-order valence-electron chi connectivity index (χ0n) is 10.1. The summed E-state index contributed by atoms with van der Waals surface area (Å²) in [5, 5.41) is 1.25. The number of hydrogen-bond acceptors (Lipinski definition) is 4. The second-order valence-electron chi connectivity index (χ2n) is 4.09. The van der Waals surface area contributed by atoms with Gasteiger partial charge in [0.1, 0.15) is 5.00 Å². The Balaban J connectivity index is 2.15. The number of halogens is 3. The van der Waals surface area contributed by atoms with Crippen LogP contribution in [0, 0.1) is 0 Å². The maximum atomic E-state index is 12.6. The summed E-state index contributed by atoms with van der Waals surface area (Å²) in [6.45, 7) is 0.367. The Morgan fingerprint density at radius 1 is 1.37 bits per heavy atom. The Bertz CT molecular complexity index is 565. The van der Waals surface area contributed by atoms with Crippen LogP contribution in [0.1, 0.15) is 11.1 Å². The lowest BCUT2D eigenvalue weighted by Gasteiger charge is -2.17. The van der Waals surface area contributed by atoms with Crippen LogP contribution in [0.15, 0.2) is 30.5 Å². The molecule has 0 aliphatic heterocycles. The molecule has 102 valence electrons. The van der Waals surface area contributed by atoms with Gasteiger partial charge in [-0.25, -0.2) is 4.98 Å². The Hall–Kier alpha value is -1.76. The predicted molar refractivity (Wildman–Crippen MR) is 70.1 cm³/mol. The second kappa shape index (κ2) is 5.08. The van der Waals surface area contributed by atoms with Gasteiger partial charge in [-0.05, 0) is 17.7 Å². The molecule has 0 aliphatic carbocycles. The molecule has 1 aromatic heterocycles. The number of nitrogens with zero attached hydrogens (tertiary/aromatic N) is 2. The summed E-state index contributed by atoms with van der Waals surface area (Å²) >= 11 is 1.30. The fraction of sp³-hybridized carbons (Fsp3) is 0.250. The molecule has 1 aromatic carbocycles. The molecule has 0 saturated heterocycles. The van der Waals surface area contributed by atoms with Gasteiger partial charge in [0.25, 0.3) is 0 Å². The van der Waals surface area contributed by atoms with E-state index >= 15 is 0 Å². The summed E-state index contributed by atoms with van der Waals surface area (Å²) in [7, 11) is 1.78. The molecule has 19 heavy (non-hydrogen) atoms. The first-order chi connectivity index (χ1) is 8.86. The van der Waals surface area contributed by atoms with Crippen LogP contribution in [0.4, 0.5) is 23.3 Å². The van der Waals surface area contributed by atoms with E-state index in [0.717, 1.165) is 17.1 Å². The highest BCUT2D eigenvalue weighted by atomic mass is 32.1.